The molecule has 1 aromatic carbocycles. The van der Waals surface area contributed by atoms with Crippen molar-refractivity contribution in [1.29, 1.82) is 0 Å². The first-order valence-electron chi connectivity index (χ1n) is 9.41. The van der Waals surface area contributed by atoms with Crippen molar-refractivity contribution < 1.29 is 23.8 Å². The summed E-state index contributed by atoms with van der Waals surface area (Å²) in [6.45, 7) is 5.21. The van der Waals surface area contributed by atoms with E-state index in [1.165, 1.54) is 18.6 Å². The van der Waals surface area contributed by atoms with Gasteiger partial charge in [-0.25, -0.2) is 9.18 Å². The summed E-state index contributed by atoms with van der Waals surface area (Å²) in [5.41, 5.74) is -0.204. The predicted molar refractivity (Wildman–Crippen MR) is 99.9 cm³/mol. The topological polar surface area (TPSA) is 87.7 Å². The summed E-state index contributed by atoms with van der Waals surface area (Å²) in [6, 6.07) is 3.11. The summed E-state index contributed by atoms with van der Waals surface area (Å²) in [5, 5.41) is 14.9. The molecular weight excluding hydrogens is 351 g/mol. The molecule has 3 N–H and O–H groups in total. The Balaban J connectivity index is 2.09. The van der Waals surface area contributed by atoms with E-state index in [1.807, 2.05) is 0 Å². The van der Waals surface area contributed by atoms with Gasteiger partial charge < -0.3 is 20.5 Å². The molecular formula is C20H29FN2O4. The molecule has 1 fully saturated rings. The van der Waals surface area contributed by atoms with Crippen LogP contribution in [0, 0.1) is 5.82 Å². The van der Waals surface area contributed by atoms with Crippen molar-refractivity contribution in [2.24, 2.45) is 0 Å². The summed E-state index contributed by atoms with van der Waals surface area (Å²) in [5.74, 6) is -1.54. The molecule has 0 bridgehead atoms. The number of carbonyl (C=O) groups excluding carboxylic acids is 2. The lowest BCUT2D eigenvalue weighted by Crippen LogP contribution is -2.51. The number of carbonyl (C=O) groups is 2. The fraction of sp³-hybridized carbons (Fsp3) is 0.600. The van der Waals surface area contributed by atoms with Crippen LogP contribution in [-0.4, -0.2) is 34.8 Å². The van der Waals surface area contributed by atoms with Gasteiger partial charge in [0.2, 0.25) is 5.91 Å². The minimum atomic E-state index is -0.897. The first kappa shape index (κ1) is 21.0. The van der Waals surface area contributed by atoms with Crippen molar-refractivity contribution in [1.82, 2.24) is 10.6 Å². The Morgan fingerprint density at radius 1 is 1.26 bits per heavy atom. The van der Waals surface area contributed by atoms with Gasteiger partial charge in [-0.2, -0.15) is 0 Å². The summed E-state index contributed by atoms with van der Waals surface area (Å²) >= 11 is 0. The first-order valence-corrected chi connectivity index (χ1v) is 9.41. The number of amides is 2. The molecule has 0 spiro atoms. The van der Waals surface area contributed by atoms with Gasteiger partial charge in [0.25, 0.3) is 0 Å². The van der Waals surface area contributed by atoms with E-state index in [-0.39, 0.29) is 18.4 Å². The van der Waals surface area contributed by atoms with Crippen molar-refractivity contribution in [3.05, 3.63) is 29.6 Å². The van der Waals surface area contributed by atoms with Crippen LogP contribution in [0.2, 0.25) is 0 Å². The van der Waals surface area contributed by atoms with Gasteiger partial charge in [0.1, 0.15) is 11.6 Å². The molecule has 2 rings (SSSR count). The Bertz CT molecular complexity index is 666. The van der Waals surface area contributed by atoms with Gasteiger partial charge in [-0.05, 0) is 51.3 Å². The molecule has 150 valence electrons. The van der Waals surface area contributed by atoms with Gasteiger partial charge >= 0.3 is 6.09 Å². The second kappa shape index (κ2) is 9.06. The highest BCUT2D eigenvalue weighted by molar-refractivity contribution is 5.86. The van der Waals surface area contributed by atoms with Gasteiger partial charge in [0.05, 0.1) is 0 Å². The summed E-state index contributed by atoms with van der Waals surface area (Å²) in [6.07, 6.45) is 4.52. The second-order valence-corrected chi connectivity index (χ2v) is 8.03. The van der Waals surface area contributed by atoms with Gasteiger partial charge in [-0.3, -0.25) is 4.79 Å². The van der Waals surface area contributed by atoms with Crippen LogP contribution >= 0.6 is 0 Å². The van der Waals surface area contributed by atoms with Crippen LogP contribution in [0.15, 0.2) is 18.2 Å². The van der Waals surface area contributed by atoms with E-state index in [0.29, 0.717) is 5.56 Å². The number of rotatable bonds is 5. The van der Waals surface area contributed by atoms with Crippen molar-refractivity contribution >= 4 is 12.0 Å². The van der Waals surface area contributed by atoms with Crippen molar-refractivity contribution in [3.63, 3.8) is 0 Å². The lowest BCUT2D eigenvalue weighted by Gasteiger charge is -2.27. The molecule has 0 heterocycles. The summed E-state index contributed by atoms with van der Waals surface area (Å²) in [7, 11) is 0. The Labute approximate surface area is 159 Å². The van der Waals surface area contributed by atoms with Crippen molar-refractivity contribution in [2.45, 2.75) is 77.0 Å². The molecule has 0 aliphatic heterocycles. The summed E-state index contributed by atoms with van der Waals surface area (Å²) in [4.78, 5) is 24.9. The van der Waals surface area contributed by atoms with Crippen molar-refractivity contribution in [2.75, 3.05) is 0 Å². The molecule has 7 heteroatoms. The number of halogens is 1. The van der Waals surface area contributed by atoms with E-state index in [2.05, 4.69) is 10.6 Å². The molecule has 6 nitrogen and oxygen atoms in total. The van der Waals surface area contributed by atoms with E-state index >= 15 is 0 Å². The van der Waals surface area contributed by atoms with Gasteiger partial charge in [0, 0.05) is 12.5 Å². The lowest BCUT2D eigenvalue weighted by atomic mass is 9.95. The number of hydrogen-bond acceptors (Lipinski definition) is 4. The van der Waals surface area contributed by atoms with Crippen LogP contribution in [-0.2, 0) is 16.0 Å². The number of phenols is 1. The lowest BCUT2D eigenvalue weighted by molar-refractivity contribution is -0.124. The average Bonchev–Trinajstić information content (AvgIpc) is 2.57. The molecule has 0 saturated heterocycles. The van der Waals surface area contributed by atoms with Crippen LogP contribution in [0.3, 0.4) is 0 Å². The molecule has 1 atom stereocenters. The zero-order valence-electron chi connectivity index (χ0n) is 16.2. The minimum Gasteiger partial charge on any atom is -0.505 e. The predicted octanol–water partition coefficient (Wildman–Crippen LogP) is 3.42. The molecule has 0 aromatic heterocycles. The molecule has 1 saturated carbocycles. The number of phenolic OH excluding ortho intramolecular Hbond substituents is 1. The Morgan fingerprint density at radius 2 is 1.93 bits per heavy atom. The van der Waals surface area contributed by atoms with E-state index in [0.717, 1.165) is 31.7 Å². The normalized spacial score (nSPS) is 16.4. The Kier molecular flexibility index (Phi) is 7.05. The van der Waals surface area contributed by atoms with Crippen LogP contribution in [0.25, 0.3) is 0 Å². The first-order chi connectivity index (χ1) is 12.6. The fourth-order valence-corrected chi connectivity index (χ4v) is 3.12. The highest BCUT2D eigenvalue weighted by Crippen LogP contribution is 2.19. The smallest absolute Gasteiger partial charge is 0.408 e. The monoisotopic (exact) mass is 380 g/mol. The van der Waals surface area contributed by atoms with Crippen molar-refractivity contribution in [3.8, 4) is 5.75 Å². The molecule has 1 aliphatic rings. The van der Waals surface area contributed by atoms with E-state index in [1.54, 1.807) is 20.8 Å². The fourth-order valence-electron chi connectivity index (χ4n) is 3.12. The van der Waals surface area contributed by atoms with Gasteiger partial charge in [-0.15, -0.1) is 0 Å². The molecule has 0 unspecified atom stereocenters. The largest absolute Gasteiger partial charge is 0.505 e. The average molecular weight is 380 g/mol. The van der Waals surface area contributed by atoms with Crippen LogP contribution in [0.4, 0.5) is 9.18 Å². The zero-order valence-corrected chi connectivity index (χ0v) is 16.2. The zero-order chi connectivity index (χ0) is 20.0. The standard InChI is InChI=1S/C20H29FN2O4/c1-20(2,3)27-19(26)23-16(12-13-9-10-17(24)15(21)11-13)18(25)22-14-7-5-4-6-8-14/h9-11,14,16,24H,4-8,12H2,1-3H3,(H,22,25)(H,23,26)/t16-/m0/s1. The third-order valence-electron chi connectivity index (χ3n) is 4.41. The van der Waals surface area contributed by atoms with Gasteiger partial charge in [-0.1, -0.05) is 25.3 Å². The quantitative estimate of drug-likeness (QED) is 0.730. The van der Waals surface area contributed by atoms with E-state index < -0.39 is 29.3 Å². The molecule has 0 radical (unpaired) electrons. The summed E-state index contributed by atoms with van der Waals surface area (Å²) < 4.78 is 18.9. The maximum Gasteiger partial charge on any atom is 0.408 e. The SMILES string of the molecule is CC(C)(C)OC(=O)N[C@@H](Cc1ccc(O)c(F)c1)C(=O)NC1CCCCC1. The van der Waals surface area contributed by atoms with Crippen LogP contribution in [0.1, 0.15) is 58.4 Å². The highest BCUT2D eigenvalue weighted by atomic mass is 19.1. The third kappa shape index (κ3) is 7.07. The van der Waals surface area contributed by atoms with E-state index in [9.17, 15) is 19.1 Å². The highest BCUT2D eigenvalue weighted by Gasteiger charge is 2.27. The molecule has 1 aliphatic carbocycles. The van der Waals surface area contributed by atoms with Crippen LogP contribution < -0.4 is 10.6 Å². The number of ether oxygens (including phenoxy) is 1. The number of hydrogen-bond donors (Lipinski definition) is 3. The van der Waals surface area contributed by atoms with E-state index in [4.69, 9.17) is 4.74 Å². The molecule has 2 amide bonds. The third-order valence-corrected chi connectivity index (χ3v) is 4.41. The number of benzene rings is 1. The second-order valence-electron chi connectivity index (χ2n) is 8.03. The molecule has 1 aromatic rings. The number of alkyl carbamates (subject to hydrolysis) is 1. The van der Waals surface area contributed by atoms with Crippen LogP contribution in [0.5, 0.6) is 5.75 Å². The number of nitrogens with one attached hydrogen (secondary N) is 2. The van der Waals surface area contributed by atoms with Gasteiger partial charge in [0.15, 0.2) is 11.6 Å². The molecule has 27 heavy (non-hydrogen) atoms. The minimum absolute atomic E-state index is 0.0886. The Hall–Kier alpha value is -2.31. The maximum atomic E-state index is 13.6. The number of aromatic hydroxyl groups is 1. The Morgan fingerprint density at radius 3 is 2.52 bits per heavy atom. The maximum absolute atomic E-state index is 13.6.